The highest BCUT2D eigenvalue weighted by atomic mass is 35.5. The average molecular weight is 385 g/mol. The van der Waals surface area contributed by atoms with E-state index < -0.39 is 0 Å². The van der Waals surface area contributed by atoms with E-state index in [1.165, 1.54) is 6.20 Å². The van der Waals surface area contributed by atoms with Gasteiger partial charge in [0.15, 0.2) is 5.82 Å². The number of hydrogen-bond acceptors (Lipinski definition) is 4. The Bertz CT molecular complexity index is 993. The van der Waals surface area contributed by atoms with Crippen LogP contribution < -0.4 is 5.32 Å². The van der Waals surface area contributed by atoms with Crippen LogP contribution in [0, 0.1) is 6.92 Å². The van der Waals surface area contributed by atoms with E-state index in [9.17, 15) is 9.90 Å². The van der Waals surface area contributed by atoms with Gasteiger partial charge in [-0.05, 0) is 44.7 Å². The molecule has 3 aromatic rings. The molecule has 1 amide bonds. The van der Waals surface area contributed by atoms with Crippen molar-refractivity contribution in [1.82, 2.24) is 20.1 Å². The van der Waals surface area contributed by atoms with Crippen LogP contribution in [0.4, 0.5) is 0 Å². The minimum Gasteiger partial charge on any atom is -0.393 e. The Labute approximate surface area is 162 Å². The minimum atomic E-state index is -0.249. The number of aromatic nitrogens is 3. The van der Waals surface area contributed by atoms with E-state index in [-0.39, 0.29) is 18.1 Å². The normalized spacial score (nSPS) is 20.0. The number of para-hydroxylation sites is 1. The molecule has 4 rings (SSSR count). The largest absolute Gasteiger partial charge is 0.393 e. The second kappa shape index (κ2) is 7.29. The van der Waals surface area contributed by atoms with Crippen molar-refractivity contribution in [3.63, 3.8) is 0 Å². The molecule has 1 saturated carbocycles. The van der Waals surface area contributed by atoms with Crippen molar-refractivity contribution in [2.75, 3.05) is 0 Å². The molecule has 140 valence electrons. The summed E-state index contributed by atoms with van der Waals surface area (Å²) in [5.74, 6) is 0.303. The Kier molecular flexibility index (Phi) is 4.85. The monoisotopic (exact) mass is 384 g/mol. The summed E-state index contributed by atoms with van der Waals surface area (Å²) in [4.78, 5) is 16.9. The van der Waals surface area contributed by atoms with Crippen LogP contribution in [0.25, 0.3) is 16.7 Å². The summed E-state index contributed by atoms with van der Waals surface area (Å²) in [5.41, 5.74) is 2.23. The predicted molar refractivity (Wildman–Crippen MR) is 104 cm³/mol. The fourth-order valence-corrected chi connectivity index (χ4v) is 3.83. The summed E-state index contributed by atoms with van der Waals surface area (Å²) >= 11 is 6.44. The number of nitrogens with one attached hydrogen (secondary N) is 1. The highest BCUT2D eigenvalue weighted by Crippen LogP contribution is 2.25. The number of aliphatic hydroxyl groups is 1. The molecule has 2 N–H and O–H groups in total. The summed E-state index contributed by atoms with van der Waals surface area (Å²) in [5, 5.41) is 18.5. The van der Waals surface area contributed by atoms with Crippen molar-refractivity contribution in [2.45, 2.75) is 44.8 Å². The van der Waals surface area contributed by atoms with Gasteiger partial charge in [-0.25, -0.2) is 9.67 Å². The Morgan fingerprint density at radius 2 is 2.00 bits per heavy atom. The standard InChI is InChI=1S/C20H21ClN4O2/c1-12-16-4-2-3-5-18(16)25(24-12)19-17(21)10-13(11-22-19)20(27)23-14-6-8-15(26)9-7-14/h2-5,10-11,14-15,26H,6-9H2,1H3,(H,23,27). The number of aryl methyl sites for hydroxylation is 1. The van der Waals surface area contributed by atoms with Crippen molar-refractivity contribution in [3.8, 4) is 5.82 Å². The molecule has 0 unspecified atom stereocenters. The number of rotatable bonds is 3. The lowest BCUT2D eigenvalue weighted by Gasteiger charge is -2.26. The Morgan fingerprint density at radius 3 is 2.74 bits per heavy atom. The number of carbonyl (C=O) groups excluding carboxylic acids is 1. The molecule has 0 radical (unpaired) electrons. The maximum Gasteiger partial charge on any atom is 0.253 e. The fourth-order valence-electron chi connectivity index (χ4n) is 3.58. The van der Waals surface area contributed by atoms with Gasteiger partial charge in [-0.2, -0.15) is 5.10 Å². The summed E-state index contributed by atoms with van der Waals surface area (Å²) in [6, 6.07) is 9.58. The highest BCUT2D eigenvalue weighted by Gasteiger charge is 2.22. The van der Waals surface area contributed by atoms with Gasteiger partial charge >= 0.3 is 0 Å². The van der Waals surface area contributed by atoms with Crippen LogP contribution in [0.2, 0.25) is 5.02 Å². The zero-order valence-electron chi connectivity index (χ0n) is 15.0. The van der Waals surface area contributed by atoms with E-state index in [4.69, 9.17) is 11.6 Å². The van der Waals surface area contributed by atoms with Crippen LogP contribution in [0.5, 0.6) is 0 Å². The number of hydrogen-bond donors (Lipinski definition) is 2. The average Bonchev–Trinajstić information content (AvgIpc) is 3.00. The second-order valence-corrected chi connectivity index (χ2v) is 7.43. The van der Waals surface area contributed by atoms with E-state index in [2.05, 4.69) is 15.4 Å². The molecule has 2 heterocycles. The van der Waals surface area contributed by atoms with Gasteiger partial charge in [-0.3, -0.25) is 4.79 Å². The molecule has 6 nitrogen and oxygen atoms in total. The summed E-state index contributed by atoms with van der Waals surface area (Å²) < 4.78 is 1.71. The van der Waals surface area contributed by atoms with Crippen LogP contribution >= 0.6 is 11.6 Å². The van der Waals surface area contributed by atoms with E-state index >= 15 is 0 Å². The van der Waals surface area contributed by atoms with E-state index in [1.807, 2.05) is 31.2 Å². The topological polar surface area (TPSA) is 80.0 Å². The lowest BCUT2D eigenvalue weighted by Crippen LogP contribution is -2.38. The molecule has 2 aromatic heterocycles. The fraction of sp³-hybridized carbons (Fsp3) is 0.350. The molecule has 1 aromatic carbocycles. The smallest absolute Gasteiger partial charge is 0.253 e. The molecule has 0 atom stereocenters. The molecule has 0 aliphatic heterocycles. The molecule has 0 spiro atoms. The molecule has 27 heavy (non-hydrogen) atoms. The lowest BCUT2D eigenvalue weighted by atomic mass is 9.93. The van der Waals surface area contributed by atoms with Crippen LogP contribution in [0.1, 0.15) is 41.7 Å². The van der Waals surface area contributed by atoms with Crippen molar-refractivity contribution < 1.29 is 9.90 Å². The number of fused-ring (bicyclic) bond motifs is 1. The maximum atomic E-state index is 12.5. The zero-order valence-corrected chi connectivity index (χ0v) is 15.8. The molecule has 1 fully saturated rings. The number of halogens is 1. The van der Waals surface area contributed by atoms with Crippen molar-refractivity contribution >= 4 is 28.4 Å². The summed E-state index contributed by atoms with van der Waals surface area (Å²) in [7, 11) is 0. The van der Waals surface area contributed by atoms with Gasteiger partial charge in [0.25, 0.3) is 5.91 Å². The number of aliphatic hydroxyl groups excluding tert-OH is 1. The molecule has 7 heteroatoms. The third-order valence-corrected chi connectivity index (χ3v) is 5.37. The van der Waals surface area contributed by atoms with Gasteiger partial charge < -0.3 is 10.4 Å². The number of benzene rings is 1. The van der Waals surface area contributed by atoms with Crippen molar-refractivity contribution in [2.24, 2.45) is 0 Å². The van der Waals surface area contributed by atoms with Crippen molar-refractivity contribution in [1.29, 1.82) is 0 Å². The van der Waals surface area contributed by atoms with Crippen molar-refractivity contribution in [3.05, 3.63) is 52.8 Å². The first kappa shape index (κ1) is 17.9. The highest BCUT2D eigenvalue weighted by molar-refractivity contribution is 6.32. The van der Waals surface area contributed by atoms with Gasteiger partial charge in [0.1, 0.15) is 0 Å². The van der Waals surface area contributed by atoms with Gasteiger partial charge in [0.2, 0.25) is 0 Å². The first-order valence-corrected chi connectivity index (χ1v) is 9.50. The third-order valence-electron chi connectivity index (χ3n) is 5.09. The maximum absolute atomic E-state index is 12.5. The Hall–Kier alpha value is -2.44. The molecule has 0 saturated heterocycles. The minimum absolute atomic E-state index is 0.0806. The molecule has 1 aliphatic rings. The van der Waals surface area contributed by atoms with Crippen LogP contribution in [0.3, 0.4) is 0 Å². The molecular formula is C20H21ClN4O2. The van der Waals surface area contributed by atoms with Gasteiger partial charge in [-0.1, -0.05) is 29.8 Å². The first-order chi connectivity index (χ1) is 13.0. The van der Waals surface area contributed by atoms with Gasteiger partial charge in [0.05, 0.1) is 27.9 Å². The lowest BCUT2D eigenvalue weighted by molar-refractivity contribution is 0.0867. The SMILES string of the molecule is Cc1nn(-c2ncc(C(=O)NC3CCC(O)CC3)cc2Cl)c2ccccc12. The zero-order chi connectivity index (χ0) is 19.0. The number of pyridine rings is 1. The van der Waals surface area contributed by atoms with Crippen LogP contribution in [0.15, 0.2) is 36.5 Å². The summed E-state index contributed by atoms with van der Waals surface area (Å²) in [6.07, 6.45) is 4.28. The molecule has 1 aliphatic carbocycles. The van der Waals surface area contributed by atoms with Gasteiger partial charge in [-0.15, -0.1) is 0 Å². The Morgan fingerprint density at radius 1 is 1.26 bits per heavy atom. The quantitative estimate of drug-likeness (QED) is 0.725. The molecule has 0 bridgehead atoms. The van der Waals surface area contributed by atoms with E-state index in [1.54, 1.807) is 10.7 Å². The number of nitrogens with zero attached hydrogens (tertiary/aromatic N) is 3. The van der Waals surface area contributed by atoms with E-state index in [0.29, 0.717) is 29.2 Å². The molecular weight excluding hydrogens is 364 g/mol. The van der Waals surface area contributed by atoms with E-state index in [0.717, 1.165) is 29.4 Å². The van der Waals surface area contributed by atoms with Gasteiger partial charge in [0, 0.05) is 17.6 Å². The Balaban J connectivity index is 1.58. The van der Waals surface area contributed by atoms with Crippen LogP contribution in [-0.4, -0.2) is 37.9 Å². The summed E-state index contributed by atoms with van der Waals surface area (Å²) in [6.45, 7) is 1.94. The van der Waals surface area contributed by atoms with Crippen LogP contribution in [-0.2, 0) is 0 Å². The predicted octanol–water partition coefficient (Wildman–Crippen LogP) is 3.42. The first-order valence-electron chi connectivity index (χ1n) is 9.12. The third kappa shape index (κ3) is 3.55. The second-order valence-electron chi connectivity index (χ2n) is 7.02. The number of carbonyl (C=O) groups is 1. The number of amides is 1.